The van der Waals surface area contributed by atoms with Gasteiger partial charge < -0.3 is 20.1 Å². The van der Waals surface area contributed by atoms with E-state index in [1.54, 1.807) is 11.8 Å². The van der Waals surface area contributed by atoms with Gasteiger partial charge in [0.2, 0.25) is 0 Å². The first-order valence-electron chi connectivity index (χ1n) is 5.80. The molecule has 1 aliphatic heterocycles. The zero-order valence-corrected chi connectivity index (χ0v) is 10.5. The first kappa shape index (κ1) is 13.8. The molecule has 1 rings (SSSR count). The van der Waals surface area contributed by atoms with Crippen molar-refractivity contribution in [2.45, 2.75) is 38.8 Å². The van der Waals surface area contributed by atoms with Crippen LogP contribution in [0.2, 0.25) is 0 Å². The van der Waals surface area contributed by atoms with E-state index in [0.29, 0.717) is 26.2 Å². The van der Waals surface area contributed by atoms with Gasteiger partial charge in [-0.3, -0.25) is 0 Å². The van der Waals surface area contributed by atoms with Crippen molar-refractivity contribution in [3.8, 4) is 0 Å². The fourth-order valence-corrected chi connectivity index (χ4v) is 1.63. The average molecular weight is 244 g/mol. The predicted octanol–water partition coefficient (Wildman–Crippen LogP) is 0.670. The Labute approximate surface area is 101 Å². The number of rotatable bonds is 3. The molecule has 0 aromatic carbocycles. The lowest BCUT2D eigenvalue weighted by Gasteiger charge is -2.36. The van der Waals surface area contributed by atoms with Crippen LogP contribution in [0, 0.1) is 0 Å². The molecular formula is C11H20N2O4. The molecule has 1 heterocycles. The summed E-state index contributed by atoms with van der Waals surface area (Å²) >= 11 is 0. The van der Waals surface area contributed by atoms with E-state index >= 15 is 0 Å². The van der Waals surface area contributed by atoms with Crippen molar-refractivity contribution in [2.24, 2.45) is 0 Å². The Morgan fingerprint density at radius 3 is 2.71 bits per heavy atom. The molecule has 0 spiro atoms. The molecular weight excluding hydrogens is 224 g/mol. The van der Waals surface area contributed by atoms with Gasteiger partial charge >= 0.3 is 12.0 Å². The molecule has 2 amide bonds. The summed E-state index contributed by atoms with van der Waals surface area (Å²) in [4.78, 5) is 24.7. The molecule has 2 unspecified atom stereocenters. The van der Waals surface area contributed by atoms with Crippen LogP contribution in [0.1, 0.15) is 27.2 Å². The topological polar surface area (TPSA) is 78.9 Å². The molecule has 0 aromatic rings. The zero-order chi connectivity index (χ0) is 13.1. The van der Waals surface area contributed by atoms with Crippen LogP contribution >= 0.6 is 0 Å². The highest BCUT2D eigenvalue weighted by atomic mass is 16.5. The minimum Gasteiger partial charge on any atom is -0.480 e. The van der Waals surface area contributed by atoms with Crippen LogP contribution in [-0.2, 0) is 9.53 Å². The molecule has 6 nitrogen and oxygen atoms in total. The molecule has 0 aliphatic carbocycles. The van der Waals surface area contributed by atoms with Crippen molar-refractivity contribution in [3.05, 3.63) is 0 Å². The standard InChI is InChI=1S/C11H20N2O4/c1-4-11(3,9(14)15)12-10(16)13-5-6-17-7-8(13)2/h8H,4-7H2,1-3H3,(H,12,16)(H,14,15). The number of urea groups is 1. The average Bonchev–Trinajstić information content (AvgIpc) is 2.29. The van der Waals surface area contributed by atoms with E-state index in [1.807, 2.05) is 6.92 Å². The smallest absolute Gasteiger partial charge is 0.329 e. The summed E-state index contributed by atoms with van der Waals surface area (Å²) in [6.45, 7) is 6.60. The maximum atomic E-state index is 12.0. The number of carbonyl (C=O) groups excluding carboxylic acids is 1. The Bertz CT molecular complexity index is 308. The van der Waals surface area contributed by atoms with Crippen molar-refractivity contribution in [1.82, 2.24) is 10.2 Å². The molecule has 98 valence electrons. The number of carboxylic acids is 1. The summed E-state index contributed by atoms with van der Waals surface area (Å²) in [5.41, 5.74) is -1.21. The van der Waals surface area contributed by atoms with E-state index in [2.05, 4.69) is 5.32 Å². The monoisotopic (exact) mass is 244 g/mol. The van der Waals surface area contributed by atoms with E-state index in [9.17, 15) is 9.59 Å². The molecule has 2 atom stereocenters. The minimum atomic E-state index is -1.21. The molecule has 2 N–H and O–H groups in total. The lowest BCUT2D eigenvalue weighted by atomic mass is 9.99. The quantitative estimate of drug-likeness (QED) is 0.764. The van der Waals surface area contributed by atoms with Gasteiger partial charge in [-0.1, -0.05) is 6.92 Å². The molecule has 0 aromatic heterocycles. The van der Waals surface area contributed by atoms with E-state index in [0.717, 1.165) is 0 Å². The predicted molar refractivity (Wildman–Crippen MR) is 61.9 cm³/mol. The van der Waals surface area contributed by atoms with Crippen LogP contribution in [-0.4, -0.2) is 53.3 Å². The molecule has 1 aliphatic rings. The van der Waals surface area contributed by atoms with Gasteiger partial charge in [0.15, 0.2) is 0 Å². The Hall–Kier alpha value is -1.30. The number of nitrogens with zero attached hydrogens (tertiary/aromatic N) is 1. The molecule has 1 saturated heterocycles. The first-order valence-corrected chi connectivity index (χ1v) is 5.80. The second-order valence-corrected chi connectivity index (χ2v) is 4.54. The molecule has 17 heavy (non-hydrogen) atoms. The van der Waals surface area contributed by atoms with E-state index in [1.165, 1.54) is 6.92 Å². The Morgan fingerprint density at radius 2 is 2.24 bits per heavy atom. The third-order valence-corrected chi connectivity index (χ3v) is 3.19. The lowest BCUT2D eigenvalue weighted by molar-refractivity contribution is -0.144. The number of ether oxygens (including phenoxy) is 1. The third kappa shape index (κ3) is 3.09. The van der Waals surface area contributed by atoms with Gasteiger partial charge in [-0.2, -0.15) is 0 Å². The fourth-order valence-electron chi connectivity index (χ4n) is 1.63. The first-order chi connectivity index (χ1) is 7.90. The highest BCUT2D eigenvalue weighted by Gasteiger charge is 2.35. The Morgan fingerprint density at radius 1 is 1.59 bits per heavy atom. The number of morpholine rings is 1. The molecule has 0 saturated carbocycles. The van der Waals surface area contributed by atoms with Crippen LogP contribution in [0.5, 0.6) is 0 Å². The molecule has 6 heteroatoms. The van der Waals surface area contributed by atoms with Gasteiger partial charge in [0.1, 0.15) is 5.54 Å². The lowest BCUT2D eigenvalue weighted by Crippen LogP contribution is -2.59. The van der Waals surface area contributed by atoms with E-state index < -0.39 is 11.5 Å². The van der Waals surface area contributed by atoms with Crippen molar-refractivity contribution < 1.29 is 19.4 Å². The van der Waals surface area contributed by atoms with Gasteiger partial charge in [-0.25, -0.2) is 9.59 Å². The van der Waals surface area contributed by atoms with Crippen LogP contribution < -0.4 is 5.32 Å². The highest BCUT2D eigenvalue weighted by Crippen LogP contribution is 2.12. The SMILES string of the molecule is CCC(C)(NC(=O)N1CCOCC1C)C(=O)O. The van der Waals surface area contributed by atoms with E-state index in [-0.39, 0.29) is 12.1 Å². The van der Waals surface area contributed by atoms with E-state index in [4.69, 9.17) is 9.84 Å². The number of carboxylic acid groups (broad SMARTS) is 1. The van der Waals surface area contributed by atoms with Crippen molar-refractivity contribution in [3.63, 3.8) is 0 Å². The summed E-state index contributed by atoms with van der Waals surface area (Å²) < 4.78 is 5.23. The zero-order valence-electron chi connectivity index (χ0n) is 10.5. The summed E-state index contributed by atoms with van der Waals surface area (Å²) in [5.74, 6) is -1.02. The van der Waals surface area contributed by atoms with Gasteiger partial charge in [0.05, 0.1) is 19.3 Å². The summed E-state index contributed by atoms with van der Waals surface area (Å²) in [6.07, 6.45) is 0.340. The van der Waals surface area contributed by atoms with Gasteiger partial charge in [-0.05, 0) is 20.3 Å². The van der Waals surface area contributed by atoms with Gasteiger partial charge in [0.25, 0.3) is 0 Å². The Kier molecular flexibility index (Phi) is 4.34. The second-order valence-electron chi connectivity index (χ2n) is 4.54. The van der Waals surface area contributed by atoms with Crippen molar-refractivity contribution in [1.29, 1.82) is 0 Å². The maximum absolute atomic E-state index is 12.0. The number of amides is 2. The normalized spacial score (nSPS) is 23.9. The van der Waals surface area contributed by atoms with Crippen LogP contribution in [0.4, 0.5) is 4.79 Å². The van der Waals surface area contributed by atoms with Gasteiger partial charge in [0, 0.05) is 6.54 Å². The summed E-state index contributed by atoms with van der Waals surface area (Å²) in [6, 6.07) is -0.369. The highest BCUT2D eigenvalue weighted by molar-refractivity contribution is 5.86. The molecule has 1 fully saturated rings. The minimum absolute atomic E-state index is 0.0290. The molecule has 0 radical (unpaired) electrons. The maximum Gasteiger partial charge on any atom is 0.329 e. The Balaban J connectivity index is 2.67. The number of aliphatic carboxylic acids is 1. The fraction of sp³-hybridized carbons (Fsp3) is 0.818. The number of carbonyl (C=O) groups is 2. The van der Waals surface area contributed by atoms with Crippen molar-refractivity contribution in [2.75, 3.05) is 19.8 Å². The number of hydrogen-bond acceptors (Lipinski definition) is 3. The number of hydrogen-bond donors (Lipinski definition) is 2. The second kappa shape index (κ2) is 5.35. The van der Waals surface area contributed by atoms with Crippen LogP contribution in [0.15, 0.2) is 0 Å². The number of nitrogens with one attached hydrogen (secondary N) is 1. The van der Waals surface area contributed by atoms with Crippen molar-refractivity contribution >= 4 is 12.0 Å². The van der Waals surface area contributed by atoms with Gasteiger partial charge in [-0.15, -0.1) is 0 Å². The van der Waals surface area contributed by atoms with Crippen LogP contribution in [0.3, 0.4) is 0 Å². The molecule has 0 bridgehead atoms. The largest absolute Gasteiger partial charge is 0.480 e. The third-order valence-electron chi connectivity index (χ3n) is 3.19. The summed E-state index contributed by atoms with van der Waals surface area (Å²) in [7, 11) is 0. The summed E-state index contributed by atoms with van der Waals surface area (Å²) in [5, 5.41) is 11.7. The van der Waals surface area contributed by atoms with Crippen LogP contribution in [0.25, 0.3) is 0 Å².